The molecule has 1 aromatic carbocycles. The maximum Gasteiger partial charge on any atom is 0.111 e. The van der Waals surface area contributed by atoms with Crippen molar-refractivity contribution in [2.24, 2.45) is 5.41 Å². The van der Waals surface area contributed by atoms with Gasteiger partial charge in [-0.15, -0.1) is 11.6 Å². The number of hydrogen-bond donors (Lipinski definition) is 0. The summed E-state index contributed by atoms with van der Waals surface area (Å²) in [6, 6.07) is 8.24. The van der Waals surface area contributed by atoms with Crippen LogP contribution in [-0.4, -0.2) is 20.4 Å². The molecule has 3 nitrogen and oxygen atoms in total. The van der Waals surface area contributed by atoms with Gasteiger partial charge in [-0.25, -0.2) is 4.98 Å². The molecule has 0 bridgehead atoms. The summed E-state index contributed by atoms with van der Waals surface area (Å²) < 4.78 is 2.32. The second-order valence-electron chi connectivity index (χ2n) is 6.62. The number of aromatic nitrogens is 3. The van der Waals surface area contributed by atoms with Crippen molar-refractivity contribution in [3.05, 3.63) is 36.3 Å². The molecule has 0 unspecified atom stereocenters. The van der Waals surface area contributed by atoms with E-state index in [1.54, 1.807) is 0 Å². The van der Waals surface area contributed by atoms with E-state index >= 15 is 0 Å². The first-order valence-corrected chi connectivity index (χ1v) is 7.82. The van der Waals surface area contributed by atoms with Crippen molar-refractivity contribution in [2.75, 3.05) is 5.88 Å². The van der Waals surface area contributed by atoms with Crippen molar-refractivity contribution in [1.82, 2.24) is 14.5 Å². The third kappa shape index (κ3) is 2.75. The molecule has 0 saturated carbocycles. The highest BCUT2D eigenvalue weighted by atomic mass is 35.5. The van der Waals surface area contributed by atoms with Gasteiger partial charge in [-0.05, 0) is 11.5 Å². The minimum atomic E-state index is 0.180. The Bertz CT molecular complexity index is 784. The van der Waals surface area contributed by atoms with Gasteiger partial charge in [0.15, 0.2) is 0 Å². The fourth-order valence-electron chi connectivity index (χ4n) is 2.73. The van der Waals surface area contributed by atoms with Crippen molar-refractivity contribution < 1.29 is 0 Å². The lowest BCUT2D eigenvalue weighted by Crippen LogP contribution is -2.17. The highest BCUT2D eigenvalue weighted by Gasteiger charge is 2.19. The minimum absolute atomic E-state index is 0.180. The molecule has 4 heteroatoms. The monoisotopic (exact) mass is 301 g/mol. The van der Waals surface area contributed by atoms with Gasteiger partial charge in [-0.2, -0.15) is 0 Å². The van der Waals surface area contributed by atoms with Gasteiger partial charge < -0.3 is 4.57 Å². The highest BCUT2D eigenvalue weighted by molar-refractivity contribution is 6.18. The van der Waals surface area contributed by atoms with E-state index in [4.69, 9.17) is 16.6 Å². The molecule has 0 spiro atoms. The minimum Gasteiger partial charge on any atom is -0.327 e. The second kappa shape index (κ2) is 5.30. The molecule has 0 atom stereocenters. The predicted octanol–water partition coefficient (Wildman–Crippen LogP) is 4.41. The molecule has 0 N–H and O–H groups in total. The highest BCUT2D eigenvalue weighted by Crippen LogP contribution is 2.28. The second-order valence-corrected chi connectivity index (χ2v) is 7.00. The molecule has 3 aromatic rings. The summed E-state index contributed by atoms with van der Waals surface area (Å²) in [6.45, 7) is 7.65. The summed E-state index contributed by atoms with van der Waals surface area (Å²) >= 11 is 5.96. The Balaban J connectivity index is 2.33. The van der Waals surface area contributed by atoms with Gasteiger partial charge in [0, 0.05) is 24.2 Å². The standard InChI is InChI=1S/C17H20ClN3/c1-17(2,3)11-21-15(8-9-18)20-14-10-19-13-7-5-4-6-12(13)16(14)21/h4-7,10H,8-9,11H2,1-3H3. The number of benzene rings is 1. The van der Waals surface area contributed by atoms with Gasteiger partial charge in [0.25, 0.3) is 0 Å². The fourth-order valence-corrected chi connectivity index (χ4v) is 2.90. The average molecular weight is 302 g/mol. The van der Waals surface area contributed by atoms with E-state index in [9.17, 15) is 0 Å². The molecule has 3 rings (SSSR count). The van der Waals surface area contributed by atoms with Crippen LogP contribution in [0.3, 0.4) is 0 Å². The van der Waals surface area contributed by atoms with Crippen LogP contribution in [0.15, 0.2) is 30.5 Å². The van der Waals surface area contributed by atoms with Crippen LogP contribution in [0.25, 0.3) is 21.9 Å². The predicted molar refractivity (Wildman–Crippen MR) is 88.9 cm³/mol. The molecule has 0 aliphatic carbocycles. The maximum absolute atomic E-state index is 5.96. The van der Waals surface area contributed by atoms with Crippen LogP contribution in [0, 0.1) is 5.41 Å². The summed E-state index contributed by atoms with van der Waals surface area (Å²) in [6.07, 6.45) is 2.65. The Kier molecular flexibility index (Phi) is 3.62. The van der Waals surface area contributed by atoms with Gasteiger partial charge in [0.2, 0.25) is 0 Å². The van der Waals surface area contributed by atoms with Gasteiger partial charge in [-0.3, -0.25) is 4.98 Å². The number of rotatable bonds is 3. The van der Waals surface area contributed by atoms with E-state index in [1.807, 2.05) is 18.3 Å². The first-order valence-electron chi connectivity index (χ1n) is 7.28. The molecule has 2 heterocycles. The fraction of sp³-hybridized carbons (Fsp3) is 0.412. The molecule has 0 aliphatic rings. The number of pyridine rings is 1. The number of nitrogens with zero attached hydrogens (tertiary/aromatic N) is 3. The lowest BCUT2D eigenvalue weighted by Gasteiger charge is -2.21. The third-order valence-electron chi connectivity index (χ3n) is 3.51. The van der Waals surface area contributed by atoms with Gasteiger partial charge in [0.1, 0.15) is 11.3 Å². The Labute approximate surface area is 130 Å². The lowest BCUT2D eigenvalue weighted by molar-refractivity contribution is 0.343. The Hall–Kier alpha value is -1.61. The van der Waals surface area contributed by atoms with Crippen LogP contribution in [0.4, 0.5) is 0 Å². The van der Waals surface area contributed by atoms with Crippen LogP contribution >= 0.6 is 11.6 Å². The largest absolute Gasteiger partial charge is 0.327 e. The number of aryl methyl sites for hydroxylation is 1. The molecule has 110 valence electrons. The molecule has 21 heavy (non-hydrogen) atoms. The zero-order valence-electron chi connectivity index (χ0n) is 12.7. The molecule has 0 aliphatic heterocycles. The van der Waals surface area contributed by atoms with Crippen LogP contribution in [0.2, 0.25) is 0 Å². The Morgan fingerprint density at radius 1 is 1.14 bits per heavy atom. The zero-order valence-corrected chi connectivity index (χ0v) is 13.5. The number of halogens is 1. The molecular weight excluding hydrogens is 282 g/mol. The first-order chi connectivity index (χ1) is 9.99. The Morgan fingerprint density at radius 2 is 1.90 bits per heavy atom. The summed E-state index contributed by atoms with van der Waals surface area (Å²) in [5.74, 6) is 1.63. The van der Waals surface area contributed by atoms with Gasteiger partial charge in [0.05, 0.1) is 17.2 Å². The van der Waals surface area contributed by atoms with Crippen LogP contribution in [-0.2, 0) is 13.0 Å². The van der Waals surface area contributed by atoms with Crippen molar-refractivity contribution >= 4 is 33.5 Å². The smallest absolute Gasteiger partial charge is 0.111 e. The molecule has 0 amide bonds. The first kappa shape index (κ1) is 14.3. The number of para-hydroxylation sites is 1. The normalized spacial score (nSPS) is 12.4. The molecule has 0 fully saturated rings. The lowest BCUT2D eigenvalue weighted by atomic mass is 9.96. The third-order valence-corrected chi connectivity index (χ3v) is 3.70. The molecule has 0 radical (unpaired) electrons. The maximum atomic E-state index is 5.96. The molecular formula is C17H20ClN3. The van der Waals surface area contributed by atoms with Crippen molar-refractivity contribution in [1.29, 1.82) is 0 Å². The van der Waals surface area contributed by atoms with Gasteiger partial charge >= 0.3 is 0 Å². The average Bonchev–Trinajstić information content (AvgIpc) is 2.76. The van der Waals surface area contributed by atoms with E-state index in [2.05, 4.69) is 42.5 Å². The summed E-state index contributed by atoms with van der Waals surface area (Å²) in [5, 5.41) is 1.16. The van der Waals surface area contributed by atoms with Crippen molar-refractivity contribution in [3.63, 3.8) is 0 Å². The van der Waals surface area contributed by atoms with Gasteiger partial charge in [-0.1, -0.05) is 39.0 Å². The van der Waals surface area contributed by atoms with Crippen molar-refractivity contribution in [3.8, 4) is 0 Å². The van der Waals surface area contributed by atoms with E-state index in [-0.39, 0.29) is 5.41 Å². The number of alkyl halides is 1. The number of fused-ring (bicyclic) bond motifs is 3. The van der Waals surface area contributed by atoms with Crippen LogP contribution < -0.4 is 0 Å². The quantitative estimate of drug-likeness (QED) is 0.671. The van der Waals surface area contributed by atoms with E-state index in [0.29, 0.717) is 5.88 Å². The van der Waals surface area contributed by atoms with E-state index in [1.165, 1.54) is 5.52 Å². The zero-order chi connectivity index (χ0) is 15.0. The summed E-state index contributed by atoms with van der Waals surface area (Å²) in [5.41, 5.74) is 3.32. The molecule has 0 saturated heterocycles. The topological polar surface area (TPSA) is 30.7 Å². The number of hydrogen-bond acceptors (Lipinski definition) is 2. The summed E-state index contributed by atoms with van der Waals surface area (Å²) in [4.78, 5) is 9.26. The van der Waals surface area contributed by atoms with E-state index < -0.39 is 0 Å². The van der Waals surface area contributed by atoms with Crippen molar-refractivity contribution in [2.45, 2.75) is 33.7 Å². The number of imidazole rings is 1. The summed E-state index contributed by atoms with van der Waals surface area (Å²) in [7, 11) is 0. The molecule has 2 aromatic heterocycles. The van der Waals surface area contributed by atoms with E-state index in [0.717, 1.165) is 35.2 Å². The van der Waals surface area contributed by atoms with Crippen LogP contribution in [0.5, 0.6) is 0 Å². The van der Waals surface area contributed by atoms with Crippen LogP contribution in [0.1, 0.15) is 26.6 Å². The Morgan fingerprint density at radius 3 is 2.62 bits per heavy atom. The SMILES string of the molecule is CC(C)(C)Cn1c(CCCl)nc2cnc3ccccc3c21.